The first-order chi connectivity index (χ1) is 9.67. The van der Waals surface area contributed by atoms with Crippen molar-refractivity contribution >= 4 is 29.0 Å². The van der Waals surface area contributed by atoms with Crippen molar-refractivity contribution in [3.63, 3.8) is 0 Å². The van der Waals surface area contributed by atoms with E-state index in [0.717, 1.165) is 28.9 Å². The Hall–Kier alpha value is -0.590. The summed E-state index contributed by atoms with van der Waals surface area (Å²) in [4.78, 5) is 18.7. The van der Waals surface area contributed by atoms with Gasteiger partial charge in [-0.3, -0.25) is 4.79 Å². The number of hydrogen-bond acceptors (Lipinski definition) is 5. The van der Waals surface area contributed by atoms with Gasteiger partial charge in [0.25, 0.3) is 0 Å². The van der Waals surface area contributed by atoms with E-state index >= 15 is 0 Å². The number of likely N-dealkylation sites (tertiary alicyclic amines) is 1. The molecule has 0 aliphatic carbocycles. The predicted molar refractivity (Wildman–Crippen MR) is 85.4 cm³/mol. The number of thioether (sulfide) groups is 1. The largest absolute Gasteiger partial charge is 0.355 e. The van der Waals surface area contributed by atoms with Gasteiger partial charge in [0.15, 0.2) is 0 Å². The van der Waals surface area contributed by atoms with E-state index in [1.165, 1.54) is 19.4 Å². The molecule has 20 heavy (non-hydrogen) atoms. The Morgan fingerprint density at radius 3 is 3.25 bits per heavy atom. The molecule has 0 radical (unpaired) electrons. The molecule has 4 nitrogen and oxygen atoms in total. The van der Waals surface area contributed by atoms with E-state index in [4.69, 9.17) is 0 Å². The predicted octanol–water partition coefficient (Wildman–Crippen LogP) is 2.26. The number of aromatic nitrogens is 1. The summed E-state index contributed by atoms with van der Waals surface area (Å²) in [6.07, 6.45) is 2.86. The smallest absolute Gasteiger partial charge is 0.226 e. The molecule has 0 aromatic carbocycles. The SMILES string of the molecule is CCSc1nc(CC(=O)NCC2CCCN(C)C2)cs1. The van der Waals surface area contributed by atoms with Crippen LogP contribution in [-0.2, 0) is 11.2 Å². The maximum atomic E-state index is 11.9. The van der Waals surface area contributed by atoms with Crippen LogP contribution in [0.4, 0.5) is 0 Å². The van der Waals surface area contributed by atoms with Crippen LogP contribution in [0.3, 0.4) is 0 Å². The average molecular weight is 313 g/mol. The number of thiazole rings is 1. The average Bonchev–Trinajstić information content (AvgIpc) is 2.84. The van der Waals surface area contributed by atoms with Crippen LogP contribution in [0.1, 0.15) is 25.5 Å². The summed E-state index contributed by atoms with van der Waals surface area (Å²) >= 11 is 3.36. The number of amides is 1. The zero-order chi connectivity index (χ0) is 14.4. The van der Waals surface area contributed by atoms with Crippen LogP contribution in [0, 0.1) is 5.92 Å². The molecule has 1 atom stereocenters. The maximum Gasteiger partial charge on any atom is 0.226 e. The number of carbonyl (C=O) groups excluding carboxylic acids is 1. The second-order valence-corrected chi connectivity index (χ2v) is 7.66. The van der Waals surface area contributed by atoms with Crippen LogP contribution >= 0.6 is 23.1 Å². The number of piperidine rings is 1. The molecule has 2 heterocycles. The molecule has 0 bridgehead atoms. The summed E-state index contributed by atoms with van der Waals surface area (Å²) in [5.41, 5.74) is 0.893. The Balaban J connectivity index is 1.71. The standard InChI is InChI=1S/C14H23N3OS2/c1-3-19-14-16-12(10-20-14)7-13(18)15-8-11-5-4-6-17(2)9-11/h10-11H,3-9H2,1-2H3,(H,15,18). The number of rotatable bonds is 6. The van der Waals surface area contributed by atoms with Gasteiger partial charge in [-0.2, -0.15) is 0 Å². The lowest BCUT2D eigenvalue weighted by molar-refractivity contribution is -0.120. The van der Waals surface area contributed by atoms with Gasteiger partial charge in [-0.15, -0.1) is 11.3 Å². The molecular formula is C14H23N3OS2. The Morgan fingerprint density at radius 1 is 1.65 bits per heavy atom. The number of hydrogen-bond donors (Lipinski definition) is 1. The Labute approximate surface area is 129 Å². The van der Waals surface area contributed by atoms with Crippen molar-refractivity contribution in [3.05, 3.63) is 11.1 Å². The summed E-state index contributed by atoms with van der Waals surface area (Å²) in [6.45, 7) is 5.18. The van der Waals surface area contributed by atoms with E-state index in [0.29, 0.717) is 12.3 Å². The third-order valence-corrected chi connectivity index (χ3v) is 5.40. The van der Waals surface area contributed by atoms with Gasteiger partial charge < -0.3 is 10.2 Å². The van der Waals surface area contributed by atoms with Gasteiger partial charge in [0.2, 0.25) is 5.91 Å². The fourth-order valence-corrected chi connectivity index (χ4v) is 4.23. The summed E-state index contributed by atoms with van der Waals surface area (Å²) in [7, 11) is 2.15. The molecule has 112 valence electrons. The van der Waals surface area contributed by atoms with E-state index in [1.54, 1.807) is 23.1 Å². The van der Waals surface area contributed by atoms with Crippen molar-refractivity contribution in [1.29, 1.82) is 0 Å². The highest BCUT2D eigenvalue weighted by atomic mass is 32.2. The second-order valence-electron chi connectivity index (χ2n) is 5.29. The fourth-order valence-electron chi connectivity index (χ4n) is 2.48. The van der Waals surface area contributed by atoms with E-state index < -0.39 is 0 Å². The minimum absolute atomic E-state index is 0.0941. The second kappa shape index (κ2) is 8.00. The molecule has 1 aromatic rings. The lowest BCUT2D eigenvalue weighted by Gasteiger charge is -2.29. The Bertz CT molecular complexity index is 436. The van der Waals surface area contributed by atoms with Gasteiger partial charge in [-0.05, 0) is 38.1 Å². The van der Waals surface area contributed by atoms with Crippen LogP contribution < -0.4 is 5.32 Å². The molecule has 1 aliphatic heterocycles. The Kier molecular flexibility index (Phi) is 6.32. The van der Waals surface area contributed by atoms with Crippen molar-refractivity contribution in [2.24, 2.45) is 5.92 Å². The first kappa shape index (κ1) is 15.8. The van der Waals surface area contributed by atoms with Gasteiger partial charge in [0, 0.05) is 18.5 Å². The van der Waals surface area contributed by atoms with E-state index in [-0.39, 0.29) is 5.91 Å². The molecule has 1 aliphatic rings. The maximum absolute atomic E-state index is 11.9. The molecule has 1 unspecified atom stereocenters. The summed E-state index contributed by atoms with van der Waals surface area (Å²) in [5, 5.41) is 5.05. The zero-order valence-electron chi connectivity index (χ0n) is 12.2. The monoisotopic (exact) mass is 313 g/mol. The van der Waals surface area contributed by atoms with Crippen molar-refractivity contribution in [1.82, 2.24) is 15.2 Å². The molecule has 1 aromatic heterocycles. The van der Waals surface area contributed by atoms with Crippen LogP contribution in [0.5, 0.6) is 0 Å². The van der Waals surface area contributed by atoms with Crippen LogP contribution in [0.15, 0.2) is 9.72 Å². The van der Waals surface area contributed by atoms with Gasteiger partial charge in [-0.1, -0.05) is 18.7 Å². The summed E-state index contributed by atoms with van der Waals surface area (Å²) in [5.74, 6) is 1.71. The van der Waals surface area contributed by atoms with Gasteiger partial charge in [-0.25, -0.2) is 4.98 Å². The molecular weight excluding hydrogens is 290 g/mol. The molecule has 1 amide bonds. The van der Waals surface area contributed by atoms with Crippen molar-refractivity contribution in [2.45, 2.75) is 30.5 Å². The van der Waals surface area contributed by atoms with Gasteiger partial charge in [0.1, 0.15) is 4.34 Å². The van der Waals surface area contributed by atoms with E-state index in [2.05, 4.69) is 29.2 Å². The molecule has 1 N–H and O–H groups in total. The minimum Gasteiger partial charge on any atom is -0.355 e. The molecule has 0 saturated carbocycles. The molecule has 1 fully saturated rings. The highest BCUT2D eigenvalue weighted by molar-refractivity contribution is 8.00. The van der Waals surface area contributed by atoms with E-state index in [1.807, 2.05) is 5.38 Å². The Morgan fingerprint density at radius 2 is 2.50 bits per heavy atom. The lowest BCUT2D eigenvalue weighted by atomic mass is 9.98. The van der Waals surface area contributed by atoms with Crippen molar-refractivity contribution in [3.8, 4) is 0 Å². The van der Waals surface area contributed by atoms with E-state index in [9.17, 15) is 4.79 Å². The third kappa shape index (κ3) is 5.07. The highest BCUT2D eigenvalue weighted by Crippen LogP contribution is 2.22. The van der Waals surface area contributed by atoms with Crippen LogP contribution in [0.2, 0.25) is 0 Å². The fraction of sp³-hybridized carbons (Fsp3) is 0.714. The highest BCUT2D eigenvalue weighted by Gasteiger charge is 2.18. The van der Waals surface area contributed by atoms with Crippen LogP contribution in [-0.4, -0.2) is 48.2 Å². The van der Waals surface area contributed by atoms with Gasteiger partial charge >= 0.3 is 0 Å². The third-order valence-electron chi connectivity index (χ3n) is 3.45. The normalized spacial score (nSPS) is 20.0. The number of carbonyl (C=O) groups is 1. The summed E-state index contributed by atoms with van der Waals surface area (Å²) in [6, 6.07) is 0. The topological polar surface area (TPSA) is 45.2 Å². The zero-order valence-corrected chi connectivity index (χ0v) is 13.9. The molecule has 2 rings (SSSR count). The number of nitrogens with one attached hydrogen (secondary N) is 1. The quantitative estimate of drug-likeness (QED) is 0.818. The first-order valence-electron chi connectivity index (χ1n) is 7.19. The molecule has 1 saturated heterocycles. The number of nitrogens with zero attached hydrogens (tertiary/aromatic N) is 2. The molecule has 0 spiro atoms. The lowest BCUT2D eigenvalue weighted by Crippen LogP contribution is -2.39. The van der Waals surface area contributed by atoms with Crippen LogP contribution in [0.25, 0.3) is 0 Å². The molecule has 6 heteroatoms. The first-order valence-corrected chi connectivity index (χ1v) is 9.06. The van der Waals surface area contributed by atoms with Gasteiger partial charge in [0.05, 0.1) is 12.1 Å². The van der Waals surface area contributed by atoms with Crippen molar-refractivity contribution in [2.75, 3.05) is 32.4 Å². The summed E-state index contributed by atoms with van der Waals surface area (Å²) < 4.78 is 1.06. The minimum atomic E-state index is 0.0941. The van der Waals surface area contributed by atoms with Crippen molar-refractivity contribution < 1.29 is 4.79 Å².